The minimum Gasteiger partial charge on any atom is -0.497 e. The quantitative estimate of drug-likeness (QED) is 0.539. The second-order valence-electron chi connectivity index (χ2n) is 8.68. The molecule has 0 aliphatic carbocycles. The van der Waals surface area contributed by atoms with Crippen molar-refractivity contribution in [2.24, 2.45) is 0 Å². The summed E-state index contributed by atoms with van der Waals surface area (Å²) in [5.74, 6) is 0.692. The molecule has 0 aromatic heterocycles. The Morgan fingerprint density at radius 3 is 2.55 bits per heavy atom. The van der Waals surface area contributed by atoms with Gasteiger partial charge in [-0.1, -0.05) is 6.42 Å². The third-order valence-electron chi connectivity index (χ3n) is 6.61. The van der Waals surface area contributed by atoms with Gasteiger partial charge in [0.05, 0.1) is 14.2 Å². The number of rotatable bonds is 10. The summed E-state index contributed by atoms with van der Waals surface area (Å²) in [5, 5.41) is 3.23. The highest BCUT2D eigenvalue weighted by Crippen LogP contribution is 2.31. The van der Waals surface area contributed by atoms with E-state index >= 15 is 0 Å². The molecule has 0 unspecified atom stereocenters. The molecule has 33 heavy (non-hydrogen) atoms. The minimum absolute atomic E-state index is 0.0133. The Labute approximate surface area is 198 Å². The van der Waals surface area contributed by atoms with Crippen LogP contribution in [0.3, 0.4) is 0 Å². The van der Waals surface area contributed by atoms with Crippen molar-refractivity contribution in [3.63, 3.8) is 0 Å². The van der Waals surface area contributed by atoms with Gasteiger partial charge >= 0.3 is 0 Å². The number of likely N-dealkylation sites (tertiary alicyclic amines) is 1. The van der Waals surface area contributed by atoms with Gasteiger partial charge in [-0.2, -0.15) is 4.31 Å². The van der Waals surface area contributed by atoms with Crippen molar-refractivity contribution in [2.45, 2.75) is 43.5 Å². The Hall–Kier alpha value is -1.88. The summed E-state index contributed by atoms with van der Waals surface area (Å²) < 4.78 is 39.6. The molecule has 186 valence electrons. The van der Waals surface area contributed by atoms with Gasteiger partial charge < -0.3 is 19.7 Å². The molecule has 0 radical (unpaired) electrons. The molecule has 9 nitrogen and oxygen atoms in total. The Bertz CT molecular complexity index is 889. The highest BCUT2D eigenvalue weighted by Gasteiger charge is 2.30. The molecule has 2 saturated heterocycles. The second kappa shape index (κ2) is 12.0. The van der Waals surface area contributed by atoms with E-state index in [1.54, 1.807) is 17.0 Å². The van der Waals surface area contributed by atoms with Crippen LogP contribution < -0.4 is 14.8 Å². The predicted molar refractivity (Wildman–Crippen MR) is 127 cm³/mol. The van der Waals surface area contributed by atoms with E-state index in [1.807, 2.05) is 0 Å². The lowest BCUT2D eigenvalue weighted by atomic mass is 10.0. The van der Waals surface area contributed by atoms with Gasteiger partial charge in [0.15, 0.2) is 0 Å². The van der Waals surface area contributed by atoms with Crippen LogP contribution in [0.5, 0.6) is 11.5 Å². The number of methoxy groups -OCH3 is 2. The van der Waals surface area contributed by atoms with E-state index in [0.717, 1.165) is 32.5 Å². The van der Waals surface area contributed by atoms with E-state index in [1.165, 1.54) is 31.0 Å². The third kappa shape index (κ3) is 6.59. The van der Waals surface area contributed by atoms with Crippen molar-refractivity contribution in [2.75, 3.05) is 66.6 Å². The fraction of sp³-hybridized carbons (Fsp3) is 0.696. The molecule has 2 aliphatic heterocycles. The molecule has 3 rings (SSSR count). The molecule has 1 atom stereocenters. The van der Waals surface area contributed by atoms with Crippen LogP contribution in [-0.4, -0.2) is 101 Å². The summed E-state index contributed by atoms with van der Waals surface area (Å²) in [7, 11) is -0.950. The summed E-state index contributed by atoms with van der Waals surface area (Å²) in [4.78, 5) is 17.0. The molecule has 10 heteroatoms. The average molecular weight is 483 g/mol. The van der Waals surface area contributed by atoms with Gasteiger partial charge in [-0.15, -0.1) is 0 Å². The van der Waals surface area contributed by atoms with Crippen LogP contribution in [0.1, 0.15) is 32.6 Å². The smallest absolute Gasteiger partial charge is 0.246 e. The van der Waals surface area contributed by atoms with E-state index in [-0.39, 0.29) is 29.5 Å². The minimum atomic E-state index is -3.90. The standard InChI is InChI=1S/C23H38N4O5S/c1-19-6-4-5-12-25(19)16-17-27(13-9-23(28)26-14-10-24-11-15-26)33(29,30)22-18-20(31-2)7-8-21(22)32-3/h7-8,18-19,24H,4-6,9-17H2,1-3H3/t19-/m1/s1. The molecule has 2 aliphatic rings. The lowest BCUT2D eigenvalue weighted by molar-refractivity contribution is -0.131. The number of hydrogen-bond acceptors (Lipinski definition) is 7. The molecule has 0 spiro atoms. The summed E-state index contributed by atoms with van der Waals surface area (Å²) in [6.07, 6.45) is 3.61. The van der Waals surface area contributed by atoms with Crippen molar-refractivity contribution in [3.8, 4) is 11.5 Å². The van der Waals surface area contributed by atoms with Crippen LogP contribution in [0.2, 0.25) is 0 Å². The summed E-state index contributed by atoms with van der Waals surface area (Å²) in [6.45, 7) is 7.09. The molecule has 1 N–H and O–H groups in total. The Morgan fingerprint density at radius 1 is 1.12 bits per heavy atom. The van der Waals surface area contributed by atoms with Crippen molar-refractivity contribution in [1.82, 2.24) is 19.4 Å². The number of amides is 1. The number of carbonyl (C=O) groups excluding carboxylic acids is 1. The first kappa shape index (κ1) is 25.7. The fourth-order valence-electron chi connectivity index (χ4n) is 4.50. The zero-order chi connectivity index (χ0) is 23.8. The number of sulfonamides is 1. The van der Waals surface area contributed by atoms with E-state index in [2.05, 4.69) is 17.1 Å². The zero-order valence-corrected chi connectivity index (χ0v) is 20.9. The number of piperidine rings is 1. The number of carbonyl (C=O) groups is 1. The number of hydrogen-bond donors (Lipinski definition) is 1. The molecular weight excluding hydrogens is 444 g/mol. The van der Waals surface area contributed by atoms with Crippen LogP contribution in [-0.2, 0) is 14.8 Å². The zero-order valence-electron chi connectivity index (χ0n) is 20.1. The summed E-state index contributed by atoms with van der Waals surface area (Å²) in [5.41, 5.74) is 0. The van der Waals surface area contributed by atoms with Crippen molar-refractivity contribution in [3.05, 3.63) is 18.2 Å². The summed E-state index contributed by atoms with van der Waals surface area (Å²) >= 11 is 0. The largest absolute Gasteiger partial charge is 0.497 e. The highest BCUT2D eigenvalue weighted by atomic mass is 32.2. The van der Waals surface area contributed by atoms with Crippen LogP contribution in [0.25, 0.3) is 0 Å². The van der Waals surface area contributed by atoms with Gasteiger partial charge in [0, 0.05) is 64.3 Å². The second-order valence-corrected chi connectivity index (χ2v) is 10.6. The molecular formula is C23H38N4O5S. The maximum atomic E-state index is 13.8. The first-order chi connectivity index (χ1) is 15.9. The number of nitrogens with one attached hydrogen (secondary N) is 1. The first-order valence-electron chi connectivity index (χ1n) is 11.8. The lowest BCUT2D eigenvalue weighted by Crippen LogP contribution is -2.48. The topological polar surface area (TPSA) is 91.4 Å². The molecule has 0 bridgehead atoms. The highest BCUT2D eigenvalue weighted by molar-refractivity contribution is 7.89. The Morgan fingerprint density at radius 2 is 1.88 bits per heavy atom. The maximum Gasteiger partial charge on any atom is 0.246 e. The van der Waals surface area contributed by atoms with Crippen LogP contribution in [0.4, 0.5) is 0 Å². The van der Waals surface area contributed by atoms with Crippen molar-refractivity contribution >= 4 is 15.9 Å². The van der Waals surface area contributed by atoms with Gasteiger partial charge in [-0.3, -0.25) is 9.69 Å². The van der Waals surface area contributed by atoms with E-state index in [0.29, 0.717) is 38.0 Å². The van der Waals surface area contributed by atoms with Crippen LogP contribution in [0, 0.1) is 0 Å². The molecule has 2 heterocycles. The fourth-order valence-corrected chi connectivity index (χ4v) is 6.10. The molecule has 0 saturated carbocycles. The number of ether oxygens (including phenoxy) is 2. The SMILES string of the molecule is COc1ccc(OC)c(S(=O)(=O)N(CCC(=O)N2CCNCC2)CCN2CCCC[C@H]2C)c1. The van der Waals surface area contributed by atoms with Crippen LogP contribution >= 0.6 is 0 Å². The lowest BCUT2D eigenvalue weighted by Gasteiger charge is -2.35. The number of benzene rings is 1. The summed E-state index contributed by atoms with van der Waals surface area (Å²) in [6, 6.07) is 5.19. The maximum absolute atomic E-state index is 13.8. The normalized spacial score (nSPS) is 20.1. The van der Waals surface area contributed by atoms with Gasteiger partial charge in [0.25, 0.3) is 0 Å². The van der Waals surface area contributed by atoms with Crippen molar-refractivity contribution in [1.29, 1.82) is 0 Å². The van der Waals surface area contributed by atoms with E-state index < -0.39 is 10.0 Å². The van der Waals surface area contributed by atoms with Gasteiger partial charge in [-0.25, -0.2) is 8.42 Å². The van der Waals surface area contributed by atoms with E-state index in [9.17, 15) is 13.2 Å². The Balaban J connectivity index is 1.80. The predicted octanol–water partition coefficient (Wildman–Crippen LogP) is 1.39. The molecule has 2 fully saturated rings. The van der Waals surface area contributed by atoms with Gasteiger partial charge in [0.2, 0.25) is 15.9 Å². The molecule has 1 amide bonds. The molecule has 1 aromatic carbocycles. The monoisotopic (exact) mass is 482 g/mol. The van der Waals surface area contributed by atoms with Crippen LogP contribution in [0.15, 0.2) is 23.1 Å². The third-order valence-corrected chi connectivity index (χ3v) is 8.53. The number of nitrogens with zero attached hydrogens (tertiary/aromatic N) is 3. The Kier molecular flexibility index (Phi) is 9.37. The first-order valence-corrected chi connectivity index (χ1v) is 13.3. The average Bonchev–Trinajstić information content (AvgIpc) is 2.84. The van der Waals surface area contributed by atoms with Crippen molar-refractivity contribution < 1.29 is 22.7 Å². The van der Waals surface area contributed by atoms with Gasteiger partial charge in [-0.05, 0) is 38.4 Å². The number of piperazine rings is 1. The van der Waals surface area contributed by atoms with Gasteiger partial charge in [0.1, 0.15) is 16.4 Å². The molecule has 1 aromatic rings. The van der Waals surface area contributed by atoms with E-state index in [4.69, 9.17) is 9.47 Å².